The highest BCUT2D eigenvalue weighted by Crippen LogP contribution is 2.17. The molecule has 156 valence electrons. The number of benzene rings is 2. The second-order valence-electron chi connectivity index (χ2n) is 6.95. The van der Waals surface area contributed by atoms with Gasteiger partial charge in [0.1, 0.15) is 5.65 Å². The number of rotatable bonds is 5. The van der Waals surface area contributed by atoms with Crippen LogP contribution < -0.4 is 16.0 Å². The molecule has 0 radical (unpaired) electrons. The summed E-state index contributed by atoms with van der Waals surface area (Å²) in [4.78, 5) is 32.7. The molecule has 4 aromatic rings. The van der Waals surface area contributed by atoms with Crippen molar-refractivity contribution in [2.75, 3.05) is 11.0 Å². The minimum Gasteiger partial charge on any atom is -0.347 e. The molecule has 0 aliphatic carbocycles. The van der Waals surface area contributed by atoms with E-state index in [1.165, 1.54) is 16.7 Å². The Morgan fingerprint density at radius 1 is 1.10 bits per heavy atom. The minimum absolute atomic E-state index is 0.176. The number of nitrogens with one attached hydrogen (secondary N) is 2. The molecule has 2 aromatic heterocycles. The molecule has 0 aliphatic heterocycles. The zero-order valence-electron chi connectivity index (χ0n) is 16.4. The van der Waals surface area contributed by atoms with E-state index in [4.69, 9.17) is 6.57 Å². The van der Waals surface area contributed by atoms with E-state index in [-0.39, 0.29) is 17.9 Å². The van der Waals surface area contributed by atoms with Gasteiger partial charge in [0.15, 0.2) is 5.69 Å². The van der Waals surface area contributed by atoms with E-state index in [0.29, 0.717) is 16.7 Å². The number of anilines is 1. The predicted molar refractivity (Wildman–Crippen MR) is 118 cm³/mol. The summed E-state index contributed by atoms with van der Waals surface area (Å²) in [7, 11) is -3.52. The summed E-state index contributed by atoms with van der Waals surface area (Å²) in [5.74, 6) is 0. The summed E-state index contributed by atoms with van der Waals surface area (Å²) in [6, 6.07) is 14.5. The molecule has 9 nitrogen and oxygen atoms in total. The highest BCUT2D eigenvalue weighted by molar-refractivity contribution is 7.92. The van der Waals surface area contributed by atoms with Gasteiger partial charge in [-0.1, -0.05) is 30.3 Å². The van der Waals surface area contributed by atoms with Crippen LogP contribution in [0.5, 0.6) is 0 Å². The summed E-state index contributed by atoms with van der Waals surface area (Å²) in [5.41, 5.74) is 1.03. The molecule has 0 spiro atoms. The molecule has 2 aromatic carbocycles. The molecule has 0 fully saturated rings. The van der Waals surface area contributed by atoms with Crippen LogP contribution in [0.4, 0.5) is 11.4 Å². The standard InChI is InChI=1S/C21H17N5O4S/c1-22-15-8-6-14(7-9-15)13-25-19-18(10-11-23-19)20(27)26(21(25)28)17-5-3-4-16(12-17)24-31(2,29)30/h3-12,23-24H,13H2,2H3. The fourth-order valence-electron chi connectivity index (χ4n) is 3.34. The van der Waals surface area contributed by atoms with E-state index >= 15 is 0 Å². The van der Waals surface area contributed by atoms with E-state index < -0.39 is 21.3 Å². The summed E-state index contributed by atoms with van der Waals surface area (Å²) in [6.07, 6.45) is 2.60. The van der Waals surface area contributed by atoms with Gasteiger partial charge in [0.25, 0.3) is 5.56 Å². The summed E-state index contributed by atoms with van der Waals surface area (Å²) < 4.78 is 27.9. The van der Waals surface area contributed by atoms with Crippen LogP contribution in [0.2, 0.25) is 0 Å². The van der Waals surface area contributed by atoms with Crippen LogP contribution in [-0.2, 0) is 16.6 Å². The zero-order valence-corrected chi connectivity index (χ0v) is 17.2. The number of hydrogen-bond donors (Lipinski definition) is 2. The van der Waals surface area contributed by atoms with Crippen molar-refractivity contribution in [1.82, 2.24) is 14.1 Å². The van der Waals surface area contributed by atoms with Crippen LogP contribution in [0.1, 0.15) is 5.56 Å². The quantitative estimate of drug-likeness (QED) is 0.469. The molecule has 4 rings (SSSR count). The van der Waals surface area contributed by atoms with Gasteiger partial charge in [-0.2, -0.15) is 0 Å². The highest BCUT2D eigenvalue weighted by atomic mass is 32.2. The highest BCUT2D eigenvalue weighted by Gasteiger charge is 2.16. The van der Waals surface area contributed by atoms with Crippen molar-refractivity contribution in [3.63, 3.8) is 0 Å². The lowest BCUT2D eigenvalue weighted by Gasteiger charge is -2.13. The maximum Gasteiger partial charge on any atom is 0.337 e. The van der Waals surface area contributed by atoms with Crippen molar-refractivity contribution in [2.24, 2.45) is 0 Å². The lowest BCUT2D eigenvalue weighted by Crippen LogP contribution is -2.39. The first kappa shape index (κ1) is 20.2. The van der Waals surface area contributed by atoms with E-state index in [2.05, 4.69) is 14.6 Å². The topological polar surface area (TPSA) is 110 Å². The molecule has 0 saturated heterocycles. The maximum atomic E-state index is 13.3. The van der Waals surface area contributed by atoms with E-state index in [1.54, 1.807) is 48.7 Å². The van der Waals surface area contributed by atoms with E-state index in [1.807, 2.05) is 0 Å². The third kappa shape index (κ3) is 3.99. The third-order valence-electron chi connectivity index (χ3n) is 4.66. The van der Waals surface area contributed by atoms with Gasteiger partial charge in [-0.25, -0.2) is 22.6 Å². The van der Waals surface area contributed by atoms with Gasteiger partial charge < -0.3 is 4.98 Å². The molecule has 31 heavy (non-hydrogen) atoms. The van der Waals surface area contributed by atoms with E-state index in [9.17, 15) is 18.0 Å². The molecule has 0 unspecified atom stereocenters. The van der Waals surface area contributed by atoms with Crippen LogP contribution >= 0.6 is 0 Å². The first-order valence-electron chi connectivity index (χ1n) is 9.14. The number of aromatic nitrogens is 3. The molecule has 0 saturated carbocycles. The number of fused-ring (bicyclic) bond motifs is 1. The Morgan fingerprint density at radius 3 is 2.52 bits per heavy atom. The molecule has 0 atom stereocenters. The largest absolute Gasteiger partial charge is 0.347 e. The molecule has 0 amide bonds. The third-order valence-corrected chi connectivity index (χ3v) is 5.27. The lowest BCUT2D eigenvalue weighted by atomic mass is 10.2. The Balaban J connectivity index is 1.89. The first-order chi connectivity index (χ1) is 14.8. The number of aromatic amines is 1. The summed E-state index contributed by atoms with van der Waals surface area (Å²) in [5, 5.41) is 0.318. The predicted octanol–water partition coefficient (Wildman–Crippen LogP) is 2.45. The van der Waals surface area contributed by atoms with Gasteiger partial charge in [0.2, 0.25) is 10.0 Å². The van der Waals surface area contributed by atoms with Gasteiger partial charge in [-0.05, 0) is 29.8 Å². The number of hydrogen-bond acceptors (Lipinski definition) is 4. The normalized spacial score (nSPS) is 11.4. The van der Waals surface area contributed by atoms with Crippen LogP contribution in [0.15, 0.2) is 70.4 Å². The summed E-state index contributed by atoms with van der Waals surface area (Å²) in [6.45, 7) is 7.24. The monoisotopic (exact) mass is 435 g/mol. The van der Waals surface area contributed by atoms with Crippen LogP contribution in [0.25, 0.3) is 21.6 Å². The maximum absolute atomic E-state index is 13.3. The number of nitrogens with zero attached hydrogens (tertiary/aromatic N) is 3. The van der Waals surface area contributed by atoms with Crippen molar-refractivity contribution in [3.05, 3.63) is 98.6 Å². The Kier molecular flexibility index (Phi) is 4.96. The molecule has 10 heteroatoms. The lowest BCUT2D eigenvalue weighted by molar-refractivity contribution is 0.607. The van der Waals surface area contributed by atoms with Crippen LogP contribution in [-0.4, -0.2) is 28.8 Å². The van der Waals surface area contributed by atoms with Crippen LogP contribution in [0, 0.1) is 6.57 Å². The smallest absolute Gasteiger partial charge is 0.337 e. The van der Waals surface area contributed by atoms with Gasteiger partial charge in [0, 0.05) is 6.20 Å². The second kappa shape index (κ2) is 7.62. The Morgan fingerprint density at radius 2 is 1.84 bits per heavy atom. The molecule has 2 heterocycles. The Bertz CT molecular complexity index is 1550. The number of sulfonamides is 1. The van der Waals surface area contributed by atoms with Crippen molar-refractivity contribution in [1.29, 1.82) is 0 Å². The molecular weight excluding hydrogens is 418 g/mol. The van der Waals surface area contributed by atoms with Crippen molar-refractivity contribution < 1.29 is 8.42 Å². The zero-order chi connectivity index (χ0) is 22.2. The van der Waals surface area contributed by atoms with Crippen molar-refractivity contribution >= 4 is 32.4 Å². The molecule has 0 bridgehead atoms. The molecule has 2 N–H and O–H groups in total. The van der Waals surface area contributed by atoms with E-state index in [0.717, 1.165) is 16.4 Å². The summed E-state index contributed by atoms with van der Waals surface area (Å²) >= 11 is 0. The minimum atomic E-state index is -3.52. The van der Waals surface area contributed by atoms with Crippen molar-refractivity contribution in [3.8, 4) is 5.69 Å². The van der Waals surface area contributed by atoms with Gasteiger partial charge in [-0.3, -0.25) is 14.1 Å². The second-order valence-corrected chi connectivity index (χ2v) is 8.70. The Hall–Kier alpha value is -4.10. The fourth-order valence-corrected chi connectivity index (χ4v) is 3.89. The van der Waals surface area contributed by atoms with Crippen molar-refractivity contribution in [2.45, 2.75) is 6.54 Å². The average molecular weight is 435 g/mol. The first-order valence-corrected chi connectivity index (χ1v) is 11.0. The van der Waals surface area contributed by atoms with Crippen LogP contribution in [0.3, 0.4) is 0 Å². The van der Waals surface area contributed by atoms with Gasteiger partial charge in [-0.15, -0.1) is 0 Å². The van der Waals surface area contributed by atoms with Gasteiger partial charge >= 0.3 is 5.69 Å². The average Bonchev–Trinajstić information content (AvgIpc) is 3.21. The fraction of sp³-hybridized carbons (Fsp3) is 0.0952. The van der Waals surface area contributed by atoms with Gasteiger partial charge in [0.05, 0.1) is 36.1 Å². The Labute approximate surface area is 177 Å². The number of H-pyrrole nitrogens is 1. The molecule has 0 aliphatic rings. The SMILES string of the molecule is [C-]#[N+]c1ccc(Cn2c(=O)n(-c3cccc(NS(C)(=O)=O)c3)c(=O)c3cc[nH]c32)cc1. The molecular formula is C21H17N5O4S.